The van der Waals surface area contributed by atoms with Crippen molar-refractivity contribution >= 4 is 46.4 Å². The van der Waals surface area contributed by atoms with E-state index in [1.807, 2.05) is 0 Å². The number of rotatable bonds is 4. The predicted molar refractivity (Wildman–Crippen MR) is 103 cm³/mol. The van der Waals surface area contributed by atoms with E-state index < -0.39 is 23.8 Å². The average molecular weight is 449 g/mol. The lowest BCUT2D eigenvalue weighted by atomic mass is 10.0. The zero-order chi connectivity index (χ0) is 20.6. The number of hydrogen-bond acceptors (Lipinski definition) is 2. The first kappa shape index (κ1) is 20.5. The number of carbonyl (C=O) groups is 1. The summed E-state index contributed by atoms with van der Waals surface area (Å²) in [4.78, 5) is 12.6. The van der Waals surface area contributed by atoms with Gasteiger partial charge in [-0.3, -0.25) is 9.48 Å². The van der Waals surface area contributed by atoms with Crippen LogP contribution in [0.3, 0.4) is 0 Å². The molecule has 4 nitrogen and oxygen atoms in total. The molecule has 1 aromatic heterocycles. The van der Waals surface area contributed by atoms with E-state index in [9.17, 15) is 18.0 Å². The van der Waals surface area contributed by atoms with Gasteiger partial charge in [-0.25, -0.2) is 13.2 Å². The van der Waals surface area contributed by atoms with Crippen molar-refractivity contribution in [3.63, 3.8) is 0 Å². The number of hydrogen-bond donors (Lipinski definition) is 1. The molecule has 3 aromatic rings. The van der Waals surface area contributed by atoms with Crippen LogP contribution in [0.15, 0.2) is 36.5 Å². The third-order valence-corrected chi connectivity index (χ3v) is 4.87. The number of amides is 1. The minimum Gasteiger partial charge on any atom is -0.320 e. The van der Waals surface area contributed by atoms with E-state index in [-0.39, 0.29) is 31.9 Å². The van der Waals surface area contributed by atoms with E-state index in [2.05, 4.69) is 10.4 Å². The summed E-state index contributed by atoms with van der Waals surface area (Å²) in [5, 5.41) is 6.44. The molecule has 28 heavy (non-hydrogen) atoms. The minimum atomic E-state index is -2.94. The number of carbonyl (C=O) groups excluding carboxylic acids is 1. The van der Waals surface area contributed by atoms with Gasteiger partial charge < -0.3 is 5.32 Å². The maximum absolute atomic E-state index is 13.9. The van der Waals surface area contributed by atoms with Crippen LogP contribution in [0, 0.1) is 5.82 Å². The molecule has 1 amide bonds. The van der Waals surface area contributed by atoms with E-state index in [4.69, 9.17) is 34.8 Å². The molecule has 0 saturated heterocycles. The van der Waals surface area contributed by atoms with Gasteiger partial charge in [-0.05, 0) is 29.8 Å². The Morgan fingerprint density at radius 3 is 2.46 bits per heavy atom. The molecule has 146 valence electrons. The summed E-state index contributed by atoms with van der Waals surface area (Å²) in [6, 6.07) is 6.66. The number of nitrogens with zero attached hydrogens (tertiary/aromatic N) is 2. The third-order valence-electron chi connectivity index (χ3n) is 3.83. The largest absolute Gasteiger partial charge is 0.320 e. The summed E-state index contributed by atoms with van der Waals surface area (Å²) in [5.74, 6) is -1.52. The van der Waals surface area contributed by atoms with Crippen LogP contribution in [0.25, 0.3) is 11.1 Å². The molecule has 0 atom stereocenters. The summed E-state index contributed by atoms with van der Waals surface area (Å²) in [6.07, 6.45) is -1.78. The van der Waals surface area contributed by atoms with Crippen molar-refractivity contribution in [2.24, 2.45) is 7.05 Å². The fraction of sp³-hybridized carbons (Fsp3) is 0.111. The minimum absolute atomic E-state index is 0.0375. The quantitative estimate of drug-likeness (QED) is 0.504. The Balaban J connectivity index is 2.07. The van der Waals surface area contributed by atoms with Gasteiger partial charge in [-0.1, -0.05) is 40.9 Å². The molecule has 0 fully saturated rings. The number of alkyl halides is 2. The topological polar surface area (TPSA) is 46.9 Å². The lowest BCUT2D eigenvalue weighted by Crippen LogP contribution is -2.14. The second-order valence-corrected chi connectivity index (χ2v) is 7.02. The smallest absolute Gasteiger partial charge is 0.282 e. The van der Waals surface area contributed by atoms with Crippen molar-refractivity contribution in [3.05, 3.63) is 68.7 Å². The van der Waals surface area contributed by atoms with Crippen LogP contribution in [-0.2, 0) is 7.05 Å². The number of anilines is 1. The van der Waals surface area contributed by atoms with E-state index in [1.165, 1.54) is 19.2 Å². The first-order chi connectivity index (χ1) is 13.2. The molecule has 0 aliphatic rings. The SMILES string of the molecule is Cn1cc(C(=O)Nc2c(Cl)cc(F)cc2-c2ccc(Cl)c(Cl)c2)c(C(F)F)n1. The van der Waals surface area contributed by atoms with E-state index in [0.29, 0.717) is 5.56 Å². The lowest BCUT2D eigenvalue weighted by Gasteiger charge is -2.14. The molecule has 10 heteroatoms. The van der Waals surface area contributed by atoms with Crippen LogP contribution < -0.4 is 5.32 Å². The van der Waals surface area contributed by atoms with Crippen molar-refractivity contribution in [3.8, 4) is 11.1 Å². The van der Waals surface area contributed by atoms with Crippen molar-refractivity contribution in [2.45, 2.75) is 6.43 Å². The maximum Gasteiger partial charge on any atom is 0.282 e. The fourth-order valence-corrected chi connectivity index (χ4v) is 3.17. The van der Waals surface area contributed by atoms with Crippen LogP contribution in [-0.4, -0.2) is 15.7 Å². The highest BCUT2D eigenvalue weighted by molar-refractivity contribution is 6.42. The van der Waals surface area contributed by atoms with E-state index in [0.717, 1.165) is 23.0 Å². The monoisotopic (exact) mass is 447 g/mol. The Morgan fingerprint density at radius 1 is 1.11 bits per heavy atom. The zero-order valence-electron chi connectivity index (χ0n) is 14.1. The van der Waals surface area contributed by atoms with Crippen LogP contribution in [0.5, 0.6) is 0 Å². The van der Waals surface area contributed by atoms with Crippen molar-refractivity contribution in [1.29, 1.82) is 0 Å². The van der Waals surface area contributed by atoms with Gasteiger partial charge in [0.2, 0.25) is 0 Å². The van der Waals surface area contributed by atoms with Gasteiger partial charge in [0.05, 0.1) is 26.3 Å². The fourth-order valence-electron chi connectivity index (χ4n) is 2.61. The van der Waals surface area contributed by atoms with Crippen molar-refractivity contribution in [2.75, 3.05) is 5.32 Å². The van der Waals surface area contributed by atoms with Gasteiger partial charge >= 0.3 is 0 Å². The third kappa shape index (κ3) is 4.11. The number of aryl methyl sites for hydroxylation is 1. The number of benzene rings is 2. The standard InChI is InChI=1S/C18H11Cl3F3N3O/c1-27-7-11(16(26-27)17(23)24)18(28)25-15-10(5-9(22)6-14(15)21)8-2-3-12(19)13(20)4-8/h2-7,17H,1H3,(H,25,28). The maximum atomic E-state index is 13.9. The van der Waals surface area contributed by atoms with Gasteiger partial charge in [0.1, 0.15) is 11.5 Å². The summed E-state index contributed by atoms with van der Waals surface area (Å²) in [7, 11) is 1.41. The van der Waals surface area contributed by atoms with Gasteiger partial charge in [-0.15, -0.1) is 0 Å². The summed E-state index contributed by atoms with van der Waals surface area (Å²) in [5.41, 5.74) is -0.325. The molecule has 0 aliphatic carbocycles. The van der Waals surface area contributed by atoms with Crippen molar-refractivity contribution < 1.29 is 18.0 Å². The molecule has 3 rings (SSSR count). The van der Waals surface area contributed by atoms with Gasteiger partial charge in [-0.2, -0.15) is 5.10 Å². The molecule has 0 radical (unpaired) electrons. The highest BCUT2D eigenvalue weighted by atomic mass is 35.5. The normalized spacial score (nSPS) is 11.1. The first-order valence-electron chi connectivity index (χ1n) is 7.75. The molecule has 0 saturated carbocycles. The summed E-state index contributed by atoms with van der Waals surface area (Å²) in [6.45, 7) is 0. The Bertz CT molecular complexity index is 1070. The van der Waals surface area contributed by atoms with E-state index in [1.54, 1.807) is 6.07 Å². The number of halogens is 6. The van der Waals surface area contributed by atoms with Gasteiger partial charge in [0.25, 0.3) is 12.3 Å². The van der Waals surface area contributed by atoms with Gasteiger partial charge in [0, 0.05) is 18.8 Å². The molecule has 0 aliphatic heterocycles. The Kier molecular flexibility index (Phi) is 5.88. The summed E-state index contributed by atoms with van der Waals surface area (Å²) >= 11 is 18.0. The Morgan fingerprint density at radius 2 is 1.82 bits per heavy atom. The van der Waals surface area contributed by atoms with Crippen LogP contribution in [0.2, 0.25) is 15.1 Å². The molecule has 1 N–H and O–H groups in total. The molecular formula is C18H11Cl3F3N3O. The zero-order valence-corrected chi connectivity index (χ0v) is 16.4. The highest BCUT2D eigenvalue weighted by Crippen LogP contribution is 2.38. The molecule has 0 spiro atoms. The molecule has 0 bridgehead atoms. The molecule has 1 heterocycles. The van der Waals surface area contributed by atoms with Crippen LogP contribution in [0.4, 0.5) is 18.9 Å². The molecular weight excluding hydrogens is 438 g/mol. The molecule has 2 aromatic carbocycles. The Hall–Kier alpha value is -2.22. The Labute approximate surface area is 172 Å². The van der Waals surface area contributed by atoms with E-state index >= 15 is 0 Å². The highest BCUT2D eigenvalue weighted by Gasteiger charge is 2.24. The summed E-state index contributed by atoms with van der Waals surface area (Å²) < 4.78 is 41.3. The lowest BCUT2D eigenvalue weighted by molar-refractivity contribution is 0.101. The van der Waals surface area contributed by atoms with Crippen LogP contribution in [0.1, 0.15) is 22.5 Å². The second kappa shape index (κ2) is 8.03. The predicted octanol–water partition coefficient (Wildman–Crippen LogP) is 6.38. The van der Waals surface area contributed by atoms with Crippen molar-refractivity contribution in [1.82, 2.24) is 9.78 Å². The molecule has 0 unspecified atom stereocenters. The number of nitrogens with one attached hydrogen (secondary N) is 1. The average Bonchev–Trinajstić information content (AvgIpc) is 3.01. The number of aromatic nitrogens is 2. The second-order valence-electron chi connectivity index (χ2n) is 5.80. The van der Waals surface area contributed by atoms with Gasteiger partial charge in [0.15, 0.2) is 0 Å². The first-order valence-corrected chi connectivity index (χ1v) is 8.88. The van der Waals surface area contributed by atoms with Crippen LogP contribution >= 0.6 is 34.8 Å².